The minimum Gasteiger partial charge on any atom is -0.426 e. The van der Waals surface area contributed by atoms with Crippen LogP contribution >= 0.6 is 0 Å². The number of imide groups is 1. The Kier molecular flexibility index (Phi) is 5.81. The van der Waals surface area contributed by atoms with E-state index in [1.807, 2.05) is 66.7 Å². The zero-order chi connectivity index (χ0) is 31.1. The van der Waals surface area contributed by atoms with Crippen LogP contribution in [0.4, 0.5) is 11.4 Å². The highest BCUT2D eigenvalue weighted by Gasteiger charge is 2.61. The van der Waals surface area contributed by atoms with Crippen molar-refractivity contribution in [3.8, 4) is 5.75 Å². The van der Waals surface area contributed by atoms with Gasteiger partial charge in [-0.25, -0.2) is 4.90 Å². The van der Waals surface area contributed by atoms with Crippen molar-refractivity contribution >= 4 is 45.8 Å². The Bertz CT molecular complexity index is 2000. The summed E-state index contributed by atoms with van der Waals surface area (Å²) in [4.78, 5) is 57.2. The van der Waals surface area contributed by atoms with Crippen LogP contribution in [0.1, 0.15) is 40.5 Å². The van der Waals surface area contributed by atoms with E-state index < -0.39 is 23.7 Å². The number of fused-ring (bicyclic) bond motifs is 1. The van der Waals surface area contributed by atoms with Crippen LogP contribution in [0.25, 0.3) is 10.8 Å². The van der Waals surface area contributed by atoms with Crippen molar-refractivity contribution in [3.05, 3.63) is 138 Å². The van der Waals surface area contributed by atoms with E-state index in [9.17, 15) is 19.2 Å². The molecule has 2 fully saturated rings. The number of rotatable bonds is 4. The lowest BCUT2D eigenvalue weighted by atomic mass is 9.55. The molecular formula is C39H28N2O5. The average molecular weight is 605 g/mol. The molecule has 0 aromatic heterocycles. The molecule has 0 N–H and O–H groups in total. The van der Waals surface area contributed by atoms with E-state index in [0.717, 1.165) is 38.7 Å². The molecule has 3 atom stereocenters. The fraction of sp³-hybridized carbons (Fsp3) is 0.179. The first kappa shape index (κ1) is 26.8. The van der Waals surface area contributed by atoms with E-state index in [-0.39, 0.29) is 42.5 Å². The third kappa shape index (κ3) is 3.78. The van der Waals surface area contributed by atoms with Gasteiger partial charge in [-0.05, 0) is 58.0 Å². The van der Waals surface area contributed by atoms with Gasteiger partial charge < -0.3 is 9.64 Å². The number of hydrogen-bond acceptors (Lipinski definition) is 5. The van der Waals surface area contributed by atoms with Gasteiger partial charge in [-0.2, -0.15) is 0 Å². The van der Waals surface area contributed by atoms with Crippen LogP contribution in [-0.4, -0.2) is 30.2 Å². The predicted octanol–water partition coefficient (Wildman–Crippen LogP) is 6.19. The van der Waals surface area contributed by atoms with Gasteiger partial charge in [0.1, 0.15) is 5.75 Å². The zero-order valence-electron chi connectivity index (χ0n) is 24.7. The molecule has 7 heteroatoms. The van der Waals surface area contributed by atoms with E-state index in [1.165, 1.54) is 4.90 Å². The van der Waals surface area contributed by atoms with Gasteiger partial charge in [0.15, 0.2) is 0 Å². The molecule has 2 bridgehead atoms. The summed E-state index contributed by atoms with van der Waals surface area (Å²) < 4.78 is 5.71. The first-order chi connectivity index (χ1) is 22.5. The van der Waals surface area contributed by atoms with Gasteiger partial charge in [-0.1, -0.05) is 84.9 Å². The lowest BCUT2D eigenvalue weighted by molar-refractivity contribution is -0.139. The normalized spacial score (nSPS) is 24.3. The number of ether oxygens (including phenoxy) is 1. The van der Waals surface area contributed by atoms with E-state index >= 15 is 0 Å². The van der Waals surface area contributed by atoms with Crippen molar-refractivity contribution in [1.82, 2.24) is 0 Å². The Morgan fingerprint density at radius 2 is 1.17 bits per heavy atom. The summed E-state index contributed by atoms with van der Waals surface area (Å²) in [6.07, 6.45) is 0.0623. The Morgan fingerprint density at radius 1 is 0.630 bits per heavy atom. The molecule has 2 saturated heterocycles. The van der Waals surface area contributed by atoms with Crippen molar-refractivity contribution in [3.63, 3.8) is 0 Å². The van der Waals surface area contributed by atoms with Crippen molar-refractivity contribution in [1.29, 1.82) is 0 Å². The highest BCUT2D eigenvalue weighted by molar-refractivity contribution is 6.23. The maximum absolute atomic E-state index is 14.0. The lowest BCUT2D eigenvalue weighted by Crippen LogP contribution is -2.41. The molecule has 2 aliphatic heterocycles. The number of amides is 3. The molecule has 5 aromatic carbocycles. The highest BCUT2D eigenvalue weighted by atomic mass is 16.5. The summed E-state index contributed by atoms with van der Waals surface area (Å²) in [5.41, 5.74) is 5.74. The fourth-order valence-electron chi connectivity index (χ4n) is 8.34. The molecular weight excluding hydrogens is 576 g/mol. The Morgan fingerprint density at radius 3 is 1.78 bits per heavy atom. The molecule has 224 valence electrons. The summed E-state index contributed by atoms with van der Waals surface area (Å²) in [5.74, 6) is -2.62. The van der Waals surface area contributed by atoms with E-state index in [4.69, 9.17) is 4.74 Å². The third-order valence-corrected chi connectivity index (χ3v) is 10.3. The molecule has 0 saturated carbocycles. The smallest absolute Gasteiger partial charge is 0.316 e. The molecule has 3 amide bonds. The van der Waals surface area contributed by atoms with Crippen LogP contribution in [0, 0.1) is 17.8 Å². The van der Waals surface area contributed by atoms with Gasteiger partial charge in [0.05, 0.1) is 29.1 Å². The van der Waals surface area contributed by atoms with Gasteiger partial charge in [-0.15, -0.1) is 0 Å². The molecule has 3 aliphatic carbocycles. The first-order valence-corrected chi connectivity index (χ1v) is 15.6. The number of hydrogen-bond donors (Lipinski definition) is 0. The quantitative estimate of drug-likeness (QED) is 0.139. The Balaban J connectivity index is 0.945. The fourth-order valence-corrected chi connectivity index (χ4v) is 8.34. The molecule has 5 aromatic rings. The van der Waals surface area contributed by atoms with Crippen molar-refractivity contribution in [2.24, 2.45) is 17.8 Å². The lowest BCUT2D eigenvalue weighted by Gasteiger charge is -2.45. The zero-order valence-corrected chi connectivity index (χ0v) is 24.7. The van der Waals surface area contributed by atoms with Crippen LogP contribution < -0.4 is 14.5 Å². The summed E-state index contributed by atoms with van der Waals surface area (Å²) in [7, 11) is 0. The Hall–Kier alpha value is -5.56. The Labute approximate surface area is 265 Å². The van der Waals surface area contributed by atoms with E-state index in [2.05, 4.69) is 24.3 Å². The molecule has 0 unspecified atom stereocenters. The third-order valence-electron chi connectivity index (χ3n) is 10.3. The average Bonchev–Trinajstić information content (AvgIpc) is 3.61. The minimum atomic E-state index is -0.616. The van der Waals surface area contributed by atoms with E-state index in [0.29, 0.717) is 11.4 Å². The van der Waals surface area contributed by atoms with Gasteiger partial charge in [-0.3, -0.25) is 19.2 Å². The molecule has 5 aliphatic rings. The molecule has 10 rings (SSSR count). The van der Waals surface area contributed by atoms with Crippen LogP contribution in [0.3, 0.4) is 0 Å². The van der Waals surface area contributed by atoms with Gasteiger partial charge in [0.2, 0.25) is 17.7 Å². The minimum absolute atomic E-state index is 0.0623. The second-order valence-corrected chi connectivity index (χ2v) is 12.6. The SMILES string of the molecule is O=C(Oc1ccc(N2C(=O)[C@@H]3C4c5ccccc5C(c5ccccc54)[C@@H]3C2=O)cc1)[C@@H]1CC(=O)N(c2cccc3ccccc23)C1. The molecule has 0 radical (unpaired) electrons. The molecule has 2 heterocycles. The summed E-state index contributed by atoms with van der Waals surface area (Å²) in [5, 5.41) is 1.98. The number of carbonyl (C=O) groups excluding carboxylic acids is 4. The van der Waals surface area contributed by atoms with Crippen molar-refractivity contribution < 1.29 is 23.9 Å². The topological polar surface area (TPSA) is 84.0 Å². The van der Waals surface area contributed by atoms with E-state index in [1.54, 1.807) is 29.2 Å². The number of carbonyl (C=O) groups is 4. The number of anilines is 2. The predicted molar refractivity (Wildman–Crippen MR) is 173 cm³/mol. The summed E-state index contributed by atoms with van der Waals surface area (Å²) in [6, 6.07) is 36.5. The van der Waals surface area contributed by atoms with Crippen LogP contribution in [-0.2, 0) is 19.2 Å². The molecule has 7 nitrogen and oxygen atoms in total. The largest absolute Gasteiger partial charge is 0.426 e. The van der Waals surface area contributed by atoms with Gasteiger partial charge in [0.25, 0.3) is 0 Å². The van der Waals surface area contributed by atoms with Crippen LogP contribution in [0.5, 0.6) is 5.75 Å². The summed E-state index contributed by atoms with van der Waals surface area (Å²) in [6.45, 7) is 0.233. The standard InChI is InChI=1S/C39H28N2O5/c42-32-20-23(21-40(32)31-15-7-9-22-8-1-2-10-26(22)31)39(45)46-25-18-16-24(17-19-25)41-37(43)35-33-27-11-3-4-12-28(27)34(36(35)38(41)44)30-14-6-5-13-29(30)33/h1-19,23,33-36H,20-21H2/t23-,33?,34?,35-,36+/m1/s1. The van der Waals surface area contributed by atoms with Crippen LogP contribution in [0.2, 0.25) is 0 Å². The maximum Gasteiger partial charge on any atom is 0.316 e. The second kappa shape index (κ2) is 9.97. The van der Waals surface area contributed by atoms with Crippen molar-refractivity contribution in [2.45, 2.75) is 18.3 Å². The van der Waals surface area contributed by atoms with Gasteiger partial charge in [0, 0.05) is 30.2 Å². The highest BCUT2D eigenvalue weighted by Crippen LogP contribution is 2.61. The monoisotopic (exact) mass is 604 g/mol. The number of nitrogens with zero attached hydrogens (tertiary/aromatic N) is 2. The molecule has 0 spiro atoms. The van der Waals surface area contributed by atoms with Crippen LogP contribution in [0.15, 0.2) is 115 Å². The number of esters is 1. The first-order valence-electron chi connectivity index (χ1n) is 15.6. The summed E-state index contributed by atoms with van der Waals surface area (Å²) >= 11 is 0. The second-order valence-electron chi connectivity index (χ2n) is 12.6. The maximum atomic E-state index is 14.0. The van der Waals surface area contributed by atoms with Gasteiger partial charge >= 0.3 is 5.97 Å². The number of benzene rings is 5. The van der Waals surface area contributed by atoms with Crippen molar-refractivity contribution in [2.75, 3.05) is 16.3 Å². The molecule has 46 heavy (non-hydrogen) atoms.